The number of hydrogen-bond donors (Lipinski definition) is 1. The first-order valence-electron chi connectivity index (χ1n) is 7.09. The predicted molar refractivity (Wildman–Crippen MR) is 69.1 cm³/mol. The number of urea groups is 1. The van der Waals surface area contributed by atoms with E-state index in [0.717, 1.165) is 45.6 Å². The smallest absolute Gasteiger partial charge is 0.320 e. The summed E-state index contributed by atoms with van der Waals surface area (Å²) in [4.78, 5) is 16.7. The van der Waals surface area contributed by atoms with Crippen molar-refractivity contribution in [3.8, 4) is 0 Å². The minimum absolute atomic E-state index is 0.278. The van der Waals surface area contributed by atoms with Gasteiger partial charge in [0.1, 0.15) is 0 Å². The monoisotopic (exact) mass is 239 g/mol. The normalized spacial score (nSPS) is 25.0. The topological polar surface area (TPSA) is 35.6 Å². The molecular weight excluding hydrogens is 214 g/mol. The third-order valence-corrected chi connectivity index (χ3v) is 3.81. The first kappa shape index (κ1) is 12.7. The second-order valence-electron chi connectivity index (χ2n) is 5.17. The molecule has 0 aromatic heterocycles. The number of amides is 2. The molecule has 2 saturated heterocycles. The highest BCUT2D eigenvalue weighted by Crippen LogP contribution is 2.16. The Morgan fingerprint density at radius 2 is 2.12 bits per heavy atom. The van der Waals surface area contributed by atoms with Crippen molar-refractivity contribution in [2.45, 2.75) is 45.1 Å². The van der Waals surface area contributed by atoms with E-state index >= 15 is 0 Å². The molecule has 0 aromatic rings. The molecular formula is C13H25N3O. The van der Waals surface area contributed by atoms with Crippen LogP contribution in [0.5, 0.6) is 0 Å². The molecule has 0 bridgehead atoms. The predicted octanol–water partition coefficient (Wildman–Crippen LogP) is 1.67. The summed E-state index contributed by atoms with van der Waals surface area (Å²) in [6, 6.07) is 0.699. The van der Waals surface area contributed by atoms with E-state index < -0.39 is 0 Å². The van der Waals surface area contributed by atoms with E-state index in [1.54, 1.807) is 0 Å². The van der Waals surface area contributed by atoms with Crippen molar-refractivity contribution < 1.29 is 4.79 Å². The highest BCUT2D eigenvalue weighted by molar-refractivity contribution is 5.75. The third kappa shape index (κ3) is 3.12. The number of hydrogen-bond acceptors (Lipinski definition) is 2. The van der Waals surface area contributed by atoms with Gasteiger partial charge in [0.15, 0.2) is 0 Å². The van der Waals surface area contributed by atoms with Gasteiger partial charge in [0.25, 0.3) is 0 Å². The maximum atomic E-state index is 12.5. The van der Waals surface area contributed by atoms with Gasteiger partial charge < -0.3 is 15.1 Å². The fraction of sp³-hybridized carbons (Fsp3) is 0.923. The van der Waals surface area contributed by atoms with Crippen LogP contribution in [0.2, 0.25) is 0 Å². The highest BCUT2D eigenvalue weighted by atomic mass is 16.2. The molecule has 0 radical (unpaired) electrons. The molecule has 0 aliphatic carbocycles. The number of nitrogens with one attached hydrogen (secondary N) is 1. The lowest BCUT2D eigenvalue weighted by molar-refractivity contribution is 0.128. The Morgan fingerprint density at radius 1 is 1.35 bits per heavy atom. The summed E-state index contributed by atoms with van der Waals surface area (Å²) in [7, 11) is 0. The summed E-state index contributed by atoms with van der Waals surface area (Å²) in [5.41, 5.74) is 0. The van der Waals surface area contributed by atoms with E-state index in [1.807, 2.05) is 0 Å². The maximum Gasteiger partial charge on any atom is 0.320 e. The molecule has 0 saturated carbocycles. The number of piperidine rings is 1. The molecule has 4 heteroatoms. The van der Waals surface area contributed by atoms with Gasteiger partial charge in [0.05, 0.1) is 0 Å². The minimum atomic E-state index is 0.278. The number of carbonyl (C=O) groups is 1. The zero-order chi connectivity index (χ0) is 12.1. The van der Waals surface area contributed by atoms with E-state index in [2.05, 4.69) is 22.0 Å². The largest absolute Gasteiger partial charge is 0.325 e. The molecule has 0 spiro atoms. The number of nitrogens with zero attached hydrogens (tertiary/aromatic N) is 2. The third-order valence-electron chi connectivity index (χ3n) is 3.81. The molecule has 2 amide bonds. The zero-order valence-corrected chi connectivity index (χ0v) is 11.0. The van der Waals surface area contributed by atoms with Gasteiger partial charge in [-0.25, -0.2) is 4.79 Å². The quantitative estimate of drug-likeness (QED) is 0.813. The summed E-state index contributed by atoms with van der Waals surface area (Å²) in [5, 5.41) is 3.36. The van der Waals surface area contributed by atoms with E-state index in [-0.39, 0.29) is 6.03 Å². The summed E-state index contributed by atoms with van der Waals surface area (Å²) >= 11 is 0. The van der Waals surface area contributed by atoms with E-state index in [9.17, 15) is 4.79 Å². The summed E-state index contributed by atoms with van der Waals surface area (Å²) in [6.45, 7) is 7.00. The molecule has 2 heterocycles. The second-order valence-corrected chi connectivity index (χ2v) is 5.17. The van der Waals surface area contributed by atoms with Gasteiger partial charge in [0.2, 0.25) is 0 Å². The Bertz CT molecular complexity index is 245. The van der Waals surface area contributed by atoms with Gasteiger partial charge in [-0.2, -0.15) is 0 Å². The highest BCUT2D eigenvalue weighted by Gasteiger charge is 2.29. The lowest BCUT2D eigenvalue weighted by Gasteiger charge is -2.36. The number of carbonyl (C=O) groups excluding carboxylic acids is 1. The van der Waals surface area contributed by atoms with Gasteiger partial charge in [-0.05, 0) is 38.6 Å². The molecule has 2 aliphatic heterocycles. The van der Waals surface area contributed by atoms with Gasteiger partial charge in [0, 0.05) is 32.2 Å². The van der Waals surface area contributed by atoms with Crippen LogP contribution in [0.15, 0.2) is 0 Å². The molecule has 4 nitrogen and oxygen atoms in total. The van der Waals surface area contributed by atoms with E-state index in [0.29, 0.717) is 6.04 Å². The van der Waals surface area contributed by atoms with Gasteiger partial charge in [-0.15, -0.1) is 0 Å². The summed E-state index contributed by atoms with van der Waals surface area (Å²) < 4.78 is 0. The van der Waals surface area contributed by atoms with Gasteiger partial charge in [-0.1, -0.05) is 6.92 Å². The minimum Gasteiger partial charge on any atom is -0.325 e. The second kappa shape index (κ2) is 6.24. The van der Waals surface area contributed by atoms with Crippen molar-refractivity contribution in [2.24, 2.45) is 0 Å². The first-order valence-corrected chi connectivity index (χ1v) is 7.09. The molecule has 1 atom stereocenters. The van der Waals surface area contributed by atoms with Crippen LogP contribution in [-0.2, 0) is 0 Å². The molecule has 0 aromatic carbocycles. The van der Waals surface area contributed by atoms with Gasteiger partial charge >= 0.3 is 6.03 Å². The van der Waals surface area contributed by atoms with Crippen LogP contribution < -0.4 is 5.32 Å². The Labute approximate surface area is 104 Å². The molecule has 2 fully saturated rings. The van der Waals surface area contributed by atoms with Crippen molar-refractivity contribution in [2.75, 3.05) is 32.7 Å². The molecule has 17 heavy (non-hydrogen) atoms. The summed E-state index contributed by atoms with van der Waals surface area (Å²) in [6.07, 6.45) is 5.79. The van der Waals surface area contributed by atoms with Crippen LogP contribution >= 0.6 is 0 Å². The Hall–Kier alpha value is -0.770. The van der Waals surface area contributed by atoms with Crippen LogP contribution in [0.3, 0.4) is 0 Å². The Morgan fingerprint density at radius 3 is 2.71 bits per heavy atom. The van der Waals surface area contributed by atoms with Crippen molar-refractivity contribution in [1.82, 2.24) is 15.1 Å². The van der Waals surface area contributed by atoms with Crippen LogP contribution in [0, 0.1) is 0 Å². The van der Waals surface area contributed by atoms with Crippen molar-refractivity contribution in [1.29, 1.82) is 0 Å². The first-order chi connectivity index (χ1) is 8.33. The number of likely N-dealkylation sites (tertiary alicyclic amines) is 1. The number of rotatable bonds is 3. The Balaban J connectivity index is 1.95. The van der Waals surface area contributed by atoms with Crippen molar-refractivity contribution in [3.63, 3.8) is 0 Å². The SMILES string of the molecule is CCCN(C(=O)N1CCCCC1)C1CCNC1. The van der Waals surface area contributed by atoms with Crippen LogP contribution in [0.1, 0.15) is 39.0 Å². The lowest BCUT2D eigenvalue weighted by Crippen LogP contribution is -2.50. The van der Waals surface area contributed by atoms with Crippen molar-refractivity contribution >= 4 is 6.03 Å². The molecule has 2 aliphatic rings. The van der Waals surface area contributed by atoms with E-state index in [1.165, 1.54) is 19.3 Å². The van der Waals surface area contributed by atoms with Crippen LogP contribution in [-0.4, -0.2) is 54.6 Å². The van der Waals surface area contributed by atoms with Crippen molar-refractivity contribution in [3.05, 3.63) is 0 Å². The fourth-order valence-electron chi connectivity index (χ4n) is 2.85. The zero-order valence-electron chi connectivity index (χ0n) is 11.0. The van der Waals surface area contributed by atoms with E-state index in [4.69, 9.17) is 0 Å². The average molecular weight is 239 g/mol. The van der Waals surface area contributed by atoms with Crippen LogP contribution in [0.25, 0.3) is 0 Å². The maximum absolute atomic E-state index is 12.5. The Kier molecular flexibility index (Phi) is 4.66. The molecule has 1 N–H and O–H groups in total. The standard InChI is InChI=1S/C13H25N3O/c1-2-8-16(12-6-7-14-11-12)13(17)15-9-4-3-5-10-15/h12,14H,2-11H2,1H3. The fourth-order valence-corrected chi connectivity index (χ4v) is 2.85. The van der Waals surface area contributed by atoms with Crippen LogP contribution in [0.4, 0.5) is 4.79 Å². The molecule has 98 valence electrons. The molecule has 2 rings (SSSR count). The summed E-state index contributed by atoms with van der Waals surface area (Å²) in [5.74, 6) is 0. The average Bonchev–Trinajstić information content (AvgIpc) is 2.90. The molecule has 1 unspecified atom stereocenters. The lowest BCUT2D eigenvalue weighted by atomic mass is 10.1. The van der Waals surface area contributed by atoms with Gasteiger partial charge in [-0.3, -0.25) is 0 Å².